The number of carbonyl (C=O) groups excluding carboxylic acids is 1. The van der Waals surface area contributed by atoms with E-state index in [2.05, 4.69) is 21.9 Å². The summed E-state index contributed by atoms with van der Waals surface area (Å²) < 4.78 is 0. The van der Waals surface area contributed by atoms with Crippen molar-refractivity contribution in [1.29, 1.82) is 0 Å². The molecule has 1 saturated carbocycles. The zero-order chi connectivity index (χ0) is 13.8. The molecule has 0 amide bonds. The first-order valence-electron chi connectivity index (χ1n) is 6.83. The quantitative estimate of drug-likeness (QED) is 0.783. The summed E-state index contributed by atoms with van der Waals surface area (Å²) in [5, 5.41) is 0. The molecule has 0 atom stereocenters. The van der Waals surface area contributed by atoms with Crippen LogP contribution in [0.5, 0.6) is 0 Å². The molecule has 2 rings (SSSR count). The van der Waals surface area contributed by atoms with Crippen molar-refractivity contribution in [1.82, 2.24) is 9.97 Å². The van der Waals surface area contributed by atoms with Gasteiger partial charge in [-0.15, -0.1) is 0 Å². The Hall–Kier alpha value is -1.65. The largest absolute Gasteiger partial charge is 0.359 e. The number of nitrogens with zero attached hydrogens (tertiary/aromatic N) is 4. The molecule has 19 heavy (non-hydrogen) atoms. The van der Waals surface area contributed by atoms with Crippen LogP contribution < -0.4 is 9.80 Å². The molecule has 5 heteroatoms. The molecule has 1 aromatic rings. The Bertz CT molecular complexity index is 445. The minimum Gasteiger partial charge on any atom is -0.359 e. The van der Waals surface area contributed by atoms with Gasteiger partial charge in [0.15, 0.2) is 0 Å². The molecular formula is C14H22N4O. The summed E-state index contributed by atoms with van der Waals surface area (Å²) in [6, 6.07) is 2.61. The number of aromatic nitrogens is 2. The fourth-order valence-corrected chi connectivity index (χ4v) is 2.14. The normalized spacial score (nSPS) is 14.9. The highest BCUT2D eigenvalue weighted by Gasteiger charge is 2.23. The molecule has 0 radical (unpaired) electrons. The van der Waals surface area contributed by atoms with Crippen molar-refractivity contribution >= 4 is 17.4 Å². The summed E-state index contributed by atoms with van der Waals surface area (Å²) in [4.78, 5) is 23.9. The van der Waals surface area contributed by atoms with Crippen molar-refractivity contribution in [2.45, 2.75) is 38.6 Å². The summed E-state index contributed by atoms with van der Waals surface area (Å²) in [6.07, 6.45) is 5.95. The van der Waals surface area contributed by atoms with Crippen LogP contribution in [0.15, 0.2) is 12.4 Å². The second kappa shape index (κ2) is 5.99. The van der Waals surface area contributed by atoms with Gasteiger partial charge in [-0.05, 0) is 26.2 Å². The van der Waals surface area contributed by atoms with E-state index in [0.717, 1.165) is 11.6 Å². The van der Waals surface area contributed by atoms with E-state index in [1.807, 2.05) is 18.0 Å². The van der Waals surface area contributed by atoms with Crippen LogP contribution in [0.1, 0.15) is 32.6 Å². The molecule has 1 heterocycles. The lowest BCUT2D eigenvalue weighted by atomic mass is 9.92. The van der Waals surface area contributed by atoms with Crippen LogP contribution >= 0.6 is 0 Å². The molecule has 0 N–H and O–H groups in total. The van der Waals surface area contributed by atoms with Gasteiger partial charge in [0, 0.05) is 39.2 Å². The lowest BCUT2D eigenvalue weighted by Crippen LogP contribution is -2.37. The lowest BCUT2D eigenvalue weighted by molar-refractivity contribution is -0.116. The van der Waals surface area contributed by atoms with Crippen LogP contribution in [0.2, 0.25) is 0 Å². The van der Waals surface area contributed by atoms with E-state index >= 15 is 0 Å². The van der Waals surface area contributed by atoms with Gasteiger partial charge in [0.1, 0.15) is 23.7 Å². The van der Waals surface area contributed by atoms with Gasteiger partial charge in [-0.25, -0.2) is 9.97 Å². The number of rotatable bonds is 6. The van der Waals surface area contributed by atoms with Gasteiger partial charge >= 0.3 is 0 Å². The van der Waals surface area contributed by atoms with E-state index in [0.29, 0.717) is 19.0 Å². The second-order valence-electron chi connectivity index (χ2n) is 5.30. The molecule has 1 aliphatic rings. The topological polar surface area (TPSA) is 49.3 Å². The van der Waals surface area contributed by atoms with E-state index in [4.69, 9.17) is 0 Å². The first-order chi connectivity index (χ1) is 9.08. The van der Waals surface area contributed by atoms with E-state index < -0.39 is 0 Å². The van der Waals surface area contributed by atoms with Crippen molar-refractivity contribution in [2.75, 3.05) is 30.4 Å². The zero-order valence-electron chi connectivity index (χ0n) is 12.0. The van der Waals surface area contributed by atoms with Gasteiger partial charge in [0.25, 0.3) is 0 Å². The number of hydrogen-bond acceptors (Lipinski definition) is 5. The van der Waals surface area contributed by atoms with Gasteiger partial charge in [-0.2, -0.15) is 0 Å². The molecule has 104 valence electrons. The van der Waals surface area contributed by atoms with Gasteiger partial charge in [-0.3, -0.25) is 4.79 Å². The van der Waals surface area contributed by atoms with Crippen molar-refractivity contribution < 1.29 is 4.79 Å². The first kappa shape index (κ1) is 13.8. The molecule has 0 bridgehead atoms. The zero-order valence-corrected chi connectivity index (χ0v) is 12.0. The molecular weight excluding hydrogens is 240 g/mol. The maximum Gasteiger partial charge on any atom is 0.134 e. The van der Waals surface area contributed by atoms with Gasteiger partial charge < -0.3 is 9.80 Å². The van der Waals surface area contributed by atoms with Gasteiger partial charge in [0.2, 0.25) is 0 Å². The van der Waals surface area contributed by atoms with E-state index in [1.54, 1.807) is 13.3 Å². The second-order valence-corrected chi connectivity index (χ2v) is 5.30. The van der Waals surface area contributed by atoms with Crippen LogP contribution in [0.3, 0.4) is 0 Å². The maximum absolute atomic E-state index is 11.0. The molecule has 1 aromatic heterocycles. The monoisotopic (exact) mass is 262 g/mol. The van der Waals surface area contributed by atoms with Crippen molar-refractivity contribution in [2.24, 2.45) is 0 Å². The molecule has 0 aromatic carbocycles. The fraction of sp³-hybridized carbons (Fsp3) is 0.643. The number of carbonyl (C=O) groups is 1. The molecule has 5 nitrogen and oxygen atoms in total. The molecule has 0 saturated heterocycles. The number of ketones is 1. The Morgan fingerprint density at radius 3 is 2.58 bits per heavy atom. The highest BCUT2D eigenvalue weighted by atomic mass is 16.1. The highest BCUT2D eigenvalue weighted by Crippen LogP contribution is 2.27. The van der Waals surface area contributed by atoms with Crippen LogP contribution in [0.4, 0.5) is 11.6 Å². The van der Waals surface area contributed by atoms with Crippen molar-refractivity contribution in [3.8, 4) is 0 Å². The average Bonchev–Trinajstić information content (AvgIpc) is 2.34. The predicted molar refractivity (Wildman–Crippen MR) is 76.6 cm³/mol. The lowest BCUT2D eigenvalue weighted by Gasteiger charge is -2.35. The molecule has 0 aliphatic heterocycles. The summed E-state index contributed by atoms with van der Waals surface area (Å²) in [5.74, 6) is 2.04. The minimum atomic E-state index is 0.202. The highest BCUT2D eigenvalue weighted by molar-refractivity contribution is 5.76. The van der Waals surface area contributed by atoms with Crippen LogP contribution in [0.25, 0.3) is 0 Å². The first-order valence-corrected chi connectivity index (χ1v) is 6.83. The van der Waals surface area contributed by atoms with Gasteiger partial charge in [-0.1, -0.05) is 0 Å². The number of hydrogen-bond donors (Lipinski definition) is 0. The van der Waals surface area contributed by atoms with Crippen LogP contribution in [-0.4, -0.2) is 42.4 Å². The third-order valence-electron chi connectivity index (χ3n) is 3.81. The van der Waals surface area contributed by atoms with Gasteiger partial charge in [0.05, 0.1) is 0 Å². The Morgan fingerprint density at radius 1 is 1.32 bits per heavy atom. The Morgan fingerprint density at radius 2 is 2.00 bits per heavy atom. The fourth-order valence-electron chi connectivity index (χ4n) is 2.14. The number of Topliss-reactive ketones (excluding diaryl/α,β-unsaturated/α-hetero) is 1. The van der Waals surface area contributed by atoms with E-state index in [-0.39, 0.29) is 5.78 Å². The minimum absolute atomic E-state index is 0.202. The molecule has 1 aliphatic carbocycles. The third-order valence-corrected chi connectivity index (χ3v) is 3.81. The maximum atomic E-state index is 11.0. The SMILES string of the molecule is CC(=O)CCN(C)c1cc(N(C)C2CCC2)ncn1. The van der Waals surface area contributed by atoms with E-state index in [9.17, 15) is 4.79 Å². The smallest absolute Gasteiger partial charge is 0.134 e. The Balaban J connectivity index is 2.03. The van der Waals surface area contributed by atoms with Crippen LogP contribution in [-0.2, 0) is 4.79 Å². The molecule has 1 fully saturated rings. The summed E-state index contributed by atoms with van der Waals surface area (Å²) >= 11 is 0. The molecule has 0 spiro atoms. The third kappa shape index (κ3) is 3.43. The van der Waals surface area contributed by atoms with Crippen LogP contribution in [0, 0.1) is 0 Å². The number of anilines is 2. The summed E-state index contributed by atoms with van der Waals surface area (Å²) in [6.45, 7) is 2.31. The van der Waals surface area contributed by atoms with Crippen molar-refractivity contribution in [3.05, 3.63) is 12.4 Å². The average molecular weight is 262 g/mol. The Kier molecular flexibility index (Phi) is 4.35. The van der Waals surface area contributed by atoms with Crippen molar-refractivity contribution in [3.63, 3.8) is 0 Å². The summed E-state index contributed by atoms with van der Waals surface area (Å²) in [7, 11) is 4.05. The standard InChI is InChI=1S/C14H22N4O/c1-11(19)7-8-17(2)13-9-14(16-10-15-13)18(3)12-5-4-6-12/h9-10,12H,4-8H2,1-3H3. The predicted octanol–water partition coefficient (Wildman–Crippen LogP) is 1.88. The van der Waals surface area contributed by atoms with E-state index in [1.165, 1.54) is 19.3 Å². The molecule has 0 unspecified atom stereocenters. The summed E-state index contributed by atoms with van der Waals surface area (Å²) in [5.41, 5.74) is 0. The Labute approximate surface area is 114 Å².